The molecule has 2 aliphatic rings. The predicted octanol–water partition coefficient (Wildman–Crippen LogP) is 2.66. The highest BCUT2D eigenvalue weighted by atomic mass is 35.5. The summed E-state index contributed by atoms with van der Waals surface area (Å²) in [7, 11) is 0. The Bertz CT molecular complexity index is 1160. The van der Waals surface area contributed by atoms with Crippen molar-refractivity contribution in [2.24, 2.45) is 5.73 Å². The first-order chi connectivity index (χ1) is 17.7. The second-order valence-electron chi connectivity index (χ2n) is 9.67. The Labute approximate surface area is 226 Å². The fourth-order valence-corrected chi connectivity index (χ4v) is 5.87. The molecule has 2 aliphatic heterocycles. The number of nitrogen functional groups attached to an aromatic ring is 1. The Morgan fingerprint density at radius 3 is 2.49 bits per heavy atom. The molecule has 0 radical (unpaired) electrons. The molecule has 2 aromatic rings. The fourth-order valence-electron chi connectivity index (χ4n) is 5.43. The lowest BCUT2D eigenvalue weighted by Crippen LogP contribution is -2.58. The largest absolute Gasteiger partial charge is 0.481 e. The van der Waals surface area contributed by atoms with Gasteiger partial charge in [0, 0.05) is 43.3 Å². The highest BCUT2D eigenvalue weighted by molar-refractivity contribution is 6.32. The molecule has 0 unspecified atom stereocenters. The molecular weight excluding hydrogens is 517 g/mol. The SMILES string of the molecule is CC[C@H]1CN(c2nc(N)c(C(N)=O)nc2Cl)CCN1C1CCN(Cc2ccc(Cl)cc2CC(=O)O)CC1. The van der Waals surface area contributed by atoms with Gasteiger partial charge in [-0.15, -0.1) is 0 Å². The maximum Gasteiger partial charge on any atom is 0.307 e. The van der Waals surface area contributed by atoms with E-state index < -0.39 is 11.9 Å². The molecule has 200 valence electrons. The molecule has 0 spiro atoms. The first kappa shape index (κ1) is 27.4. The average molecular weight is 550 g/mol. The van der Waals surface area contributed by atoms with E-state index in [-0.39, 0.29) is 23.1 Å². The quantitative estimate of drug-likeness (QED) is 0.452. The van der Waals surface area contributed by atoms with E-state index in [4.69, 9.17) is 34.7 Å². The number of benzene rings is 1. The van der Waals surface area contributed by atoms with Crippen LogP contribution in [0.2, 0.25) is 10.2 Å². The number of likely N-dealkylation sites (tertiary alicyclic amines) is 1. The molecule has 1 aromatic carbocycles. The maximum absolute atomic E-state index is 11.5. The van der Waals surface area contributed by atoms with Gasteiger partial charge in [-0.2, -0.15) is 0 Å². The summed E-state index contributed by atoms with van der Waals surface area (Å²) in [4.78, 5) is 38.3. The van der Waals surface area contributed by atoms with Crippen molar-refractivity contribution in [2.75, 3.05) is 43.4 Å². The molecule has 0 bridgehead atoms. The molecule has 3 heterocycles. The van der Waals surface area contributed by atoms with Crippen LogP contribution in [0.15, 0.2) is 18.2 Å². The van der Waals surface area contributed by atoms with E-state index in [9.17, 15) is 14.7 Å². The molecule has 37 heavy (non-hydrogen) atoms. The average Bonchev–Trinajstić information content (AvgIpc) is 2.86. The van der Waals surface area contributed by atoms with E-state index in [1.54, 1.807) is 6.07 Å². The number of anilines is 2. The van der Waals surface area contributed by atoms with E-state index in [0.29, 0.717) is 22.9 Å². The lowest BCUT2D eigenvalue weighted by Gasteiger charge is -2.47. The van der Waals surface area contributed by atoms with Crippen LogP contribution in [0.3, 0.4) is 0 Å². The third kappa shape index (κ3) is 6.43. The van der Waals surface area contributed by atoms with Gasteiger partial charge in [-0.3, -0.25) is 19.4 Å². The number of rotatable bonds is 8. The minimum absolute atomic E-state index is 0.0121. The van der Waals surface area contributed by atoms with Gasteiger partial charge in [0.05, 0.1) is 6.42 Å². The number of hydrogen-bond acceptors (Lipinski definition) is 8. The molecule has 10 nitrogen and oxygen atoms in total. The highest BCUT2D eigenvalue weighted by Gasteiger charge is 2.34. The van der Waals surface area contributed by atoms with E-state index in [2.05, 4.69) is 31.6 Å². The van der Waals surface area contributed by atoms with Crippen LogP contribution in [-0.2, 0) is 17.8 Å². The van der Waals surface area contributed by atoms with Gasteiger partial charge in [0.1, 0.15) is 0 Å². The zero-order valence-corrected chi connectivity index (χ0v) is 22.4. The van der Waals surface area contributed by atoms with Gasteiger partial charge in [-0.25, -0.2) is 9.97 Å². The number of aliphatic carboxylic acids is 1. The molecule has 0 aliphatic carbocycles. The molecule has 4 rings (SSSR count). The summed E-state index contributed by atoms with van der Waals surface area (Å²) in [5.74, 6) is -1.14. The van der Waals surface area contributed by atoms with Crippen LogP contribution in [0, 0.1) is 0 Å². The van der Waals surface area contributed by atoms with E-state index in [0.717, 1.165) is 69.7 Å². The fraction of sp³-hybridized carbons (Fsp3) is 0.520. The van der Waals surface area contributed by atoms with E-state index in [1.807, 2.05) is 12.1 Å². The molecule has 1 amide bonds. The van der Waals surface area contributed by atoms with Crippen LogP contribution in [0.1, 0.15) is 47.8 Å². The van der Waals surface area contributed by atoms with E-state index >= 15 is 0 Å². The zero-order chi connectivity index (χ0) is 26.7. The number of piperidine rings is 1. The number of hydrogen-bond donors (Lipinski definition) is 3. The normalized spacial score (nSPS) is 19.8. The van der Waals surface area contributed by atoms with Crippen molar-refractivity contribution in [3.05, 3.63) is 45.2 Å². The van der Waals surface area contributed by atoms with E-state index in [1.165, 1.54) is 0 Å². The number of nitrogens with zero attached hydrogens (tertiary/aromatic N) is 5. The molecular formula is C25H33Cl2N7O3. The van der Waals surface area contributed by atoms with Gasteiger partial charge in [0.15, 0.2) is 22.5 Å². The molecule has 12 heteroatoms. The molecule has 5 N–H and O–H groups in total. The summed E-state index contributed by atoms with van der Waals surface area (Å²) in [6.07, 6.45) is 3.03. The van der Waals surface area contributed by atoms with Crippen LogP contribution in [0.25, 0.3) is 0 Å². The Kier molecular flexibility index (Phi) is 8.74. The van der Waals surface area contributed by atoms with Crippen LogP contribution >= 0.6 is 23.2 Å². The minimum atomic E-state index is -0.856. The smallest absolute Gasteiger partial charge is 0.307 e. The van der Waals surface area contributed by atoms with Crippen LogP contribution in [0.5, 0.6) is 0 Å². The molecule has 2 fully saturated rings. The number of piperazine rings is 1. The Balaban J connectivity index is 1.37. The number of amides is 1. The summed E-state index contributed by atoms with van der Waals surface area (Å²) < 4.78 is 0. The Morgan fingerprint density at radius 2 is 1.84 bits per heavy atom. The summed E-state index contributed by atoms with van der Waals surface area (Å²) in [5.41, 5.74) is 12.9. The number of halogens is 2. The summed E-state index contributed by atoms with van der Waals surface area (Å²) >= 11 is 12.5. The third-order valence-electron chi connectivity index (χ3n) is 7.33. The molecule has 2 saturated heterocycles. The number of carbonyl (C=O) groups is 2. The second-order valence-corrected chi connectivity index (χ2v) is 10.5. The van der Waals surface area contributed by atoms with Crippen molar-refractivity contribution >= 4 is 46.7 Å². The van der Waals surface area contributed by atoms with Gasteiger partial charge in [0.25, 0.3) is 5.91 Å². The first-order valence-electron chi connectivity index (χ1n) is 12.5. The van der Waals surface area contributed by atoms with Crippen molar-refractivity contribution in [1.29, 1.82) is 0 Å². The number of primary amides is 1. The van der Waals surface area contributed by atoms with Crippen LogP contribution in [0.4, 0.5) is 11.6 Å². The van der Waals surface area contributed by atoms with Gasteiger partial charge < -0.3 is 21.5 Å². The van der Waals surface area contributed by atoms with Crippen LogP contribution < -0.4 is 16.4 Å². The summed E-state index contributed by atoms with van der Waals surface area (Å²) in [5, 5.41) is 9.95. The topological polar surface area (TPSA) is 142 Å². The summed E-state index contributed by atoms with van der Waals surface area (Å²) in [6.45, 7) is 7.11. The number of aromatic nitrogens is 2. The van der Waals surface area contributed by atoms with Crippen molar-refractivity contribution < 1.29 is 14.7 Å². The van der Waals surface area contributed by atoms with Gasteiger partial charge in [-0.05, 0) is 55.6 Å². The van der Waals surface area contributed by atoms with Crippen molar-refractivity contribution in [3.63, 3.8) is 0 Å². The number of carboxylic acids is 1. The standard InChI is InChI=1S/C25H33Cl2N7O3/c1-2-18-14-33(25-22(27)30-21(24(29)37)23(28)31-25)9-10-34(18)19-5-7-32(8-6-19)13-15-3-4-17(26)11-16(15)12-20(35)36/h3-4,11,18-19H,2,5-10,12-14H2,1H3,(H2,28,31)(H2,29,37)(H,35,36)/t18-/m0/s1. The number of nitrogens with two attached hydrogens (primary N) is 2. The summed E-state index contributed by atoms with van der Waals surface area (Å²) in [6, 6.07) is 6.31. The van der Waals surface area contributed by atoms with Crippen molar-refractivity contribution in [3.8, 4) is 0 Å². The lowest BCUT2D eigenvalue weighted by atomic mass is 9.97. The minimum Gasteiger partial charge on any atom is -0.481 e. The van der Waals surface area contributed by atoms with Crippen molar-refractivity contribution in [2.45, 2.75) is 51.2 Å². The number of carboxylic acid groups (broad SMARTS) is 1. The Morgan fingerprint density at radius 1 is 1.11 bits per heavy atom. The maximum atomic E-state index is 11.5. The first-order valence-corrected chi connectivity index (χ1v) is 13.3. The highest BCUT2D eigenvalue weighted by Crippen LogP contribution is 2.30. The monoisotopic (exact) mass is 549 g/mol. The Hall–Kier alpha value is -2.66. The zero-order valence-electron chi connectivity index (χ0n) is 20.9. The second kappa shape index (κ2) is 11.8. The van der Waals surface area contributed by atoms with Crippen LogP contribution in [-0.4, -0.2) is 81.6 Å². The molecule has 0 saturated carbocycles. The number of carbonyl (C=O) groups excluding carboxylic acids is 1. The van der Waals surface area contributed by atoms with Gasteiger partial charge in [0.2, 0.25) is 0 Å². The lowest BCUT2D eigenvalue weighted by molar-refractivity contribution is -0.136. The van der Waals surface area contributed by atoms with Crippen molar-refractivity contribution in [1.82, 2.24) is 19.8 Å². The van der Waals surface area contributed by atoms with Gasteiger partial charge >= 0.3 is 5.97 Å². The third-order valence-corrected chi connectivity index (χ3v) is 7.81. The predicted molar refractivity (Wildman–Crippen MR) is 144 cm³/mol. The van der Waals surface area contributed by atoms with Gasteiger partial charge in [-0.1, -0.05) is 36.2 Å². The molecule has 1 atom stereocenters. The molecule has 1 aromatic heterocycles.